The lowest BCUT2D eigenvalue weighted by atomic mass is 9.99. The van der Waals surface area contributed by atoms with E-state index in [1.165, 1.54) is 19.4 Å². The van der Waals surface area contributed by atoms with Gasteiger partial charge in [0.2, 0.25) is 0 Å². The molecule has 128 valence electrons. The highest BCUT2D eigenvalue weighted by Gasteiger charge is 2.22. The molecule has 0 amide bonds. The van der Waals surface area contributed by atoms with Gasteiger partial charge in [-0.3, -0.25) is 4.90 Å². The highest BCUT2D eigenvalue weighted by atomic mass is 16.5. The van der Waals surface area contributed by atoms with Gasteiger partial charge in [0.1, 0.15) is 0 Å². The van der Waals surface area contributed by atoms with Crippen molar-refractivity contribution >= 4 is 5.82 Å². The average molecular weight is 328 g/mol. The summed E-state index contributed by atoms with van der Waals surface area (Å²) in [4.78, 5) is 4.90. The van der Waals surface area contributed by atoms with Crippen LogP contribution < -0.4 is 4.90 Å². The van der Waals surface area contributed by atoms with Crippen molar-refractivity contribution in [3.8, 4) is 5.82 Å². The Kier molecular flexibility index (Phi) is 4.71. The first-order valence-electron chi connectivity index (χ1n) is 8.77. The van der Waals surface area contributed by atoms with Crippen LogP contribution in [0, 0.1) is 5.92 Å². The van der Waals surface area contributed by atoms with Crippen LogP contribution >= 0.6 is 0 Å². The van der Waals surface area contributed by atoms with Crippen molar-refractivity contribution < 1.29 is 4.74 Å². The van der Waals surface area contributed by atoms with E-state index in [1.54, 1.807) is 10.9 Å². The zero-order valence-electron chi connectivity index (χ0n) is 13.9. The molecule has 2 aromatic rings. The first-order valence-corrected chi connectivity index (χ1v) is 8.77. The third kappa shape index (κ3) is 3.57. The molecular formula is C17H24N6O. The summed E-state index contributed by atoms with van der Waals surface area (Å²) < 4.78 is 7.18. The minimum Gasteiger partial charge on any atom is -0.381 e. The van der Waals surface area contributed by atoms with Gasteiger partial charge in [0.05, 0.1) is 0 Å². The van der Waals surface area contributed by atoms with Gasteiger partial charge in [0.15, 0.2) is 11.6 Å². The highest BCUT2D eigenvalue weighted by molar-refractivity contribution is 5.40. The summed E-state index contributed by atoms with van der Waals surface area (Å²) in [5.74, 6) is 2.51. The Bertz CT molecular complexity index is 615. The van der Waals surface area contributed by atoms with Gasteiger partial charge in [-0.05, 0) is 37.0 Å². The van der Waals surface area contributed by atoms with E-state index < -0.39 is 0 Å². The van der Waals surface area contributed by atoms with E-state index in [4.69, 9.17) is 4.74 Å². The van der Waals surface area contributed by atoms with Gasteiger partial charge in [-0.1, -0.05) is 0 Å². The van der Waals surface area contributed by atoms with Crippen molar-refractivity contribution in [1.82, 2.24) is 24.9 Å². The van der Waals surface area contributed by atoms with Crippen LogP contribution in [0.1, 0.15) is 12.8 Å². The Labute approximate surface area is 142 Å². The first-order chi connectivity index (χ1) is 11.9. The number of aromatic nitrogens is 4. The van der Waals surface area contributed by atoms with Gasteiger partial charge in [0, 0.05) is 58.3 Å². The lowest BCUT2D eigenvalue weighted by Crippen LogP contribution is -2.48. The Hall–Kier alpha value is -1.99. The Morgan fingerprint density at radius 1 is 1.00 bits per heavy atom. The number of piperazine rings is 1. The second kappa shape index (κ2) is 7.27. The van der Waals surface area contributed by atoms with Crippen LogP contribution in [0.2, 0.25) is 0 Å². The van der Waals surface area contributed by atoms with E-state index in [9.17, 15) is 0 Å². The largest absolute Gasteiger partial charge is 0.381 e. The minimum absolute atomic E-state index is 0.752. The van der Waals surface area contributed by atoms with Crippen LogP contribution in [-0.4, -0.2) is 70.8 Å². The molecule has 0 spiro atoms. The van der Waals surface area contributed by atoms with Gasteiger partial charge < -0.3 is 9.64 Å². The molecule has 2 aliphatic rings. The SMILES string of the molecule is c1cnn(-c2ccc(N3CCN(CC4CCOCC4)CC3)nn2)c1. The van der Waals surface area contributed by atoms with Crippen LogP contribution in [0.3, 0.4) is 0 Å². The smallest absolute Gasteiger partial charge is 0.175 e. The second-order valence-electron chi connectivity index (χ2n) is 6.54. The van der Waals surface area contributed by atoms with E-state index in [0.717, 1.165) is 56.9 Å². The number of ether oxygens (including phenoxy) is 1. The molecule has 4 heterocycles. The summed E-state index contributed by atoms with van der Waals surface area (Å²) in [7, 11) is 0. The summed E-state index contributed by atoms with van der Waals surface area (Å²) in [5.41, 5.74) is 0. The number of nitrogens with zero attached hydrogens (tertiary/aromatic N) is 6. The van der Waals surface area contributed by atoms with E-state index in [1.807, 2.05) is 24.4 Å². The average Bonchev–Trinajstić information content (AvgIpc) is 3.18. The van der Waals surface area contributed by atoms with Crippen LogP contribution in [0.25, 0.3) is 5.82 Å². The Morgan fingerprint density at radius 2 is 1.75 bits per heavy atom. The fourth-order valence-electron chi connectivity index (χ4n) is 3.47. The number of hydrogen-bond donors (Lipinski definition) is 0. The molecule has 0 aromatic carbocycles. The standard InChI is InChI=1S/C17H24N6O/c1-6-18-23(7-1)17-3-2-16(19-20-17)22-10-8-21(9-11-22)14-15-4-12-24-13-5-15/h1-3,6-7,15H,4-5,8-14H2. The molecule has 0 unspecified atom stereocenters. The van der Waals surface area contributed by atoms with E-state index in [0.29, 0.717) is 0 Å². The molecule has 4 rings (SSSR count). The van der Waals surface area contributed by atoms with E-state index in [-0.39, 0.29) is 0 Å². The maximum Gasteiger partial charge on any atom is 0.175 e. The lowest BCUT2D eigenvalue weighted by Gasteiger charge is -2.37. The summed E-state index contributed by atoms with van der Waals surface area (Å²) in [5, 5.41) is 12.8. The Morgan fingerprint density at radius 3 is 2.42 bits per heavy atom. The normalized spacial score (nSPS) is 20.4. The lowest BCUT2D eigenvalue weighted by molar-refractivity contribution is 0.0517. The molecule has 0 saturated carbocycles. The minimum atomic E-state index is 0.752. The highest BCUT2D eigenvalue weighted by Crippen LogP contribution is 2.19. The molecule has 2 fully saturated rings. The quantitative estimate of drug-likeness (QED) is 0.841. The van der Waals surface area contributed by atoms with Crippen molar-refractivity contribution in [3.63, 3.8) is 0 Å². The third-order valence-electron chi connectivity index (χ3n) is 4.93. The topological polar surface area (TPSA) is 59.3 Å². The molecule has 24 heavy (non-hydrogen) atoms. The predicted molar refractivity (Wildman–Crippen MR) is 91.4 cm³/mol. The number of anilines is 1. The van der Waals surface area contributed by atoms with Crippen molar-refractivity contribution in [3.05, 3.63) is 30.6 Å². The molecule has 0 radical (unpaired) electrons. The van der Waals surface area contributed by atoms with Gasteiger partial charge in [-0.25, -0.2) is 4.68 Å². The molecule has 2 saturated heterocycles. The summed E-state index contributed by atoms with van der Waals surface area (Å²) in [6.07, 6.45) is 6.03. The second-order valence-corrected chi connectivity index (χ2v) is 6.54. The number of hydrogen-bond acceptors (Lipinski definition) is 6. The summed E-state index contributed by atoms with van der Waals surface area (Å²) in [6, 6.07) is 5.90. The predicted octanol–water partition coefficient (Wildman–Crippen LogP) is 1.21. The van der Waals surface area contributed by atoms with E-state index >= 15 is 0 Å². The Balaban J connectivity index is 1.30. The van der Waals surface area contributed by atoms with Gasteiger partial charge in [-0.15, -0.1) is 10.2 Å². The monoisotopic (exact) mass is 328 g/mol. The first kappa shape index (κ1) is 15.5. The maximum absolute atomic E-state index is 5.45. The van der Waals surface area contributed by atoms with Crippen molar-refractivity contribution in [2.24, 2.45) is 5.92 Å². The fraction of sp³-hybridized carbons (Fsp3) is 0.588. The number of rotatable bonds is 4. The van der Waals surface area contributed by atoms with Crippen LogP contribution in [0.4, 0.5) is 5.82 Å². The van der Waals surface area contributed by atoms with Gasteiger partial charge in [0.25, 0.3) is 0 Å². The van der Waals surface area contributed by atoms with Gasteiger partial charge >= 0.3 is 0 Å². The zero-order chi connectivity index (χ0) is 16.2. The molecule has 0 N–H and O–H groups in total. The summed E-state index contributed by atoms with van der Waals surface area (Å²) in [6.45, 7) is 7.30. The molecular weight excluding hydrogens is 304 g/mol. The molecule has 0 bridgehead atoms. The third-order valence-corrected chi connectivity index (χ3v) is 4.93. The van der Waals surface area contributed by atoms with Crippen LogP contribution in [0.15, 0.2) is 30.6 Å². The van der Waals surface area contributed by atoms with Crippen LogP contribution in [0.5, 0.6) is 0 Å². The molecule has 7 nitrogen and oxygen atoms in total. The van der Waals surface area contributed by atoms with Crippen molar-refractivity contribution in [1.29, 1.82) is 0 Å². The molecule has 7 heteroatoms. The molecule has 2 aliphatic heterocycles. The maximum atomic E-state index is 5.45. The van der Waals surface area contributed by atoms with Crippen molar-refractivity contribution in [2.75, 3.05) is 50.8 Å². The fourth-order valence-corrected chi connectivity index (χ4v) is 3.47. The van der Waals surface area contributed by atoms with Crippen LogP contribution in [-0.2, 0) is 4.74 Å². The molecule has 2 aromatic heterocycles. The van der Waals surface area contributed by atoms with E-state index in [2.05, 4.69) is 25.1 Å². The van der Waals surface area contributed by atoms with Gasteiger partial charge in [-0.2, -0.15) is 5.10 Å². The molecule has 0 aliphatic carbocycles. The summed E-state index contributed by atoms with van der Waals surface area (Å²) >= 11 is 0. The van der Waals surface area contributed by atoms with Crippen molar-refractivity contribution in [2.45, 2.75) is 12.8 Å². The molecule has 0 atom stereocenters. The zero-order valence-corrected chi connectivity index (χ0v) is 13.9.